The minimum atomic E-state index is -0.355. The third-order valence-electron chi connectivity index (χ3n) is 5.14. The quantitative estimate of drug-likeness (QED) is 0.645. The summed E-state index contributed by atoms with van der Waals surface area (Å²) in [4.78, 5) is 18.3. The first-order valence-electron chi connectivity index (χ1n) is 9.23. The lowest BCUT2D eigenvalue weighted by Crippen LogP contribution is -2.09. The first-order valence-corrected chi connectivity index (χ1v) is 10.0. The van der Waals surface area contributed by atoms with Gasteiger partial charge in [-0.3, -0.25) is 14.4 Å². The van der Waals surface area contributed by atoms with Crippen LogP contribution in [0, 0.1) is 20.8 Å². The molecular weight excluding hydrogens is 368 g/mol. The van der Waals surface area contributed by atoms with Crippen molar-refractivity contribution < 1.29 is 4.79 Å². The van der Waals surface area contributed by atoms with Crippen molar-refractivity contribution in [2.24, 2.45) is 4.99 Å². The van der Waals surface area contributed by atoms with Gasteiger partial charge in [-0.15, -0.1) is 21.5 Å². The number of thiophene rings is 1. The maximum atomic E-state index is 12.0. The van der Waals surface area contributed by atoms with Crippen LogP contribution in [0.4, 0.5) is 0 Å². The van der Waals surface area contributed by atoms with E-state index in [1.807, 2.05) is 25.1 Å². The fourth-order valence-corrected chi connectivity index (χ4v) is 4.79. The van der Waals surface area contributed by atoms with E-state index in [-0.39, 0.29) is 11.8 Å². The molecule has 0 amide bonds. The average molecular weight is 391 g/mol. The Bertz CT molecular complexity index is 1120. The van der Waals surface area contributed by atoms with Crippen molar-refractivity contribution in [3.63, 3.8) is 0 Å². The van der Waals surface area contributed by atoms with Crippen LogP contribution in [0.5, 0.6) is 0 Å². The summed E-state index contributed by atoms with van der Waals surface area (Å²) in [6.45, 7) is 11.6. The van der Waals surface area contributed by atoms with Gasteiger partial charge in [0.25, 0.3) is 0 Å². The molecule has 0 aliphatic carbocycles. The molecule has 6 heteroatoms. The predicted octanol–water partition coefficient (Wildman–Crippen LogP) is 4.77. The number of carbonyl (C=O) groups is 1. The van der Waals surface area contributed by atoms with Crippen molar-refractivity contribution in [3.05, 3.63) is 69.6 Å². The zero-order chi connectivity index (χ0) is 20.0. The van der Waals surface area contributed by atoms with Crippen LogP contribution in [0.2, 0.25) is 0 Å². The molecule has 0 N–H and O–H groups in total. The third kappa shape index (κ3) is 2.94. The summed E-state index contributed by atoms with van der Waals surface area (Å²) in [6, 6.07) is 7.85. The van der Waals surface area contributed by atoms with Crippen LogP contribution in [0.1, 0.15) is 58.2 Å². The highest BCUT2D eigenvalue weighted by atomic mass is 32.1. The molecular formula is C22H22N4OS. The molecule has 0 saturated carbocycles. The van der Waals surface area contributed by atoms with Gasteiger partial charge in [0.1, 0.15) is 22.7 Å². The molecule has 1 aromatic carbocycles. The zero-order valence-electron chi connectivity index (χ0n) is 16.5. The fourth-order valence-electron chi connectivity index (χ4n) is 3.57. The van der Waals surface area contributed by atoms with Crippen molar-refractivity contribution in [2.75, 3.05) is 0 Å². The Hall–Kier alpha value is -2.86. The predicted molar refractivity (Wildman–Crippen MR) is 114 cm³/mol. The summed E-state index contributed by atoms with van der Waals surface area (Å²) in [5.74, 6) is 1.62. The lowest BCUT2D eigenvalue weighted by Gasteiger charge is -2.11. The summed E-state index contributed by atoms with van der Waals surface area (Å²) in [5, 5.41) is 9.75. The molecule has 0 radical (unpaired) electrons. The Morgan fingerprint density at radius 1 is 1.21 bits per heavy atom. The lowest BCUT2D eigenvalue weighted by atomic mass is 9.98. The molecule has 5 nitrogen and oxygen atoms in total. The summed E-state index contributed by atoms with van der Waals surface area (Å²) < 4.78 is 2.07. The van der Waals surface area contributed by atoms with Crippen LogP contribution in [-0.2, 0) is 4.79 Å². The van der Waals surface area contributed by atoms with E-state index in [9.17, 15) is 4.79 Å². The number of nitrogens with zero attached hydrogens (tertiary/aromatic N) is 4. The largest absolute Gasteiger partial charge is 0.300 e. The van der Waals surface area contributed by atoms with Gasteiger partial charge in [0, 0.05) is 22.4 Å². The highest BCUT2D eigenvalue weighted by molar-refractivity contribution is 7.15. The first kappa shape index (κ1) is 18.5. The fraction of sp³-hybridized carbons (Fsp3) is 0.273. The standard InChI is InChI=1S/C22H22N4OS/c1-6-16-7-9-17(10-8-16)20-19-13(3)14(4)28-22(19)26-15(5)24-25-21(26)18(23-20)11-12(2)27/h6-10,18H,1,11H2,2-5H3/t18-/m0/s1. The monoisotopic (exact) mass is 390 g/mol. The van der Waals surface area contributed by atoms with Crippen LogP contribution in [0.3, 0.4) is 0 Å². The van der Waals surface area contributed by atoms with Crippen molar-refractivity contribution >= 4 is 28.9 Å². The number of fused-ring (bicyclic) bond motifs is 3. The number of ketones is 1. The maximum Gasteiger partial charge on any atom is 0.163 e. The van der Waals surface area contributed by atoms with Gasteiger partial charge < -0.3 is 0 Å². The highest BCUT2D eigenvalue weighted by Crippen LogP contribution is 2.39. The summed E-state index contributed by atoms with van der Waals surface area (Å²) in [7, 11) is 0. The summed E-state index contributed by atoms with van der Waals surface area (Å²) >= 11 is 1.72. The molecule has 1 atom stereocenters. The van der Waals surface area contributed by atoms with Gasteiger partial charge in [-0.1, -0.05) is 36.9 Å². The molecule has 0 bridgehead atoms. The van der Waals surface area contributed by atoms with Crippen molar-refractivity contribution in [1.29, 1.82) is 0 Å². The second-order valence-corrected chi connectivity index (χ2v) is 8.33. The average Bonchev–Trinajstić information content (AvgIpc) is 3.14. The van der Waals surface area contributed by atoms with Gasteiger partial charge in [-0.25, -0.2) is 0 Å². The molecule has 2 aromatic heterocycles. The second kappa shape index (κ2) is 6.95. The van der Waals surface area contributed by atoms with E-state index < -0.39 is 0 Å². The Labute approximate surface area is 168 Å². The minimum Gasteiger partial charge on any atom is -0.300 e. The number of Topliss-reactive ketones (excluding diaryl/α,β-unsaturated/α-hetero) is 1. The normalized spacial score (nSPS) is 15.4. The Morgan fingerprint density at radius 2 is 1.93 bits per heavy atom. The van der Waals surface area contributed by atoms with Crippen molar-refractivity contribution in [2.45, 2.75) is 40.2 Å². The second-order valence-electron chi connectivity index (χ2n) is 7.13. The van der Waals surface area contributed by atoms with Gasteiger partial charge in [0.15, 0.2) is 5.82 Å². The number of hydrogen-bond donors (Lipinski definition) is 0. The van der Waals surface area contributed by atoms with Crippen LogP contribution >= 0.6 is 11.3 Å². The van der Waals surface area contributed by atoms with Crippen LogP contribution in [0.25, 0.3) is 11.1 Å². The van der Waals surface area contributed by atoms with E-state index in [0.29, 0.717) is 6.42 Å². The SMILES string of the molecule is C=Cc1ccc(C2=N[C@@H](CC(C)=O)c3nnc(C)n3-c3sc(C)c(C)c32)cc1. The molecule has 3 heterocycles. The number of aryl methyl sites for hydroxylation is 2. The van der Waals surface area contributed by atoms with E-state index in [0.717, 1.165) is 39.1 Å². The molecule has 0 spiro atoms. The van der Waals surface area contributed by atoms with E-state index in [1.54, 1.807) is 18.3 Å². The molecule has 4 rings (SSSR count). The van der Waals surface area contributed by atoms with Gasteiger partial charge in [0.2, 0.25) is 0 Å². The van der Waals surface area contributed by atoms with E-state index in [4.69, 9.17) is 4.99 Å². The molecule has 1 aliphatic rings. The van der Waals surface area contributed by atoms with Gasteiger partial charge in [-0.2, -0.15) is 0 Å². The van der Waals surface area contributed by atoms with Gasteiger partial charge in [-0.05, 0) is 38.8 Å². The van der Waals surface area contributed by atoms with Crippen LogP contribution < -0.4 is 0 Å². The molecule has 0 saturated heterocycles. The number of carbonyl (C=O) groups excluding carboxylic acids is 1. The topological polar surface area (TPSA) is 60.1 Å². The first-order chi connectivity index (χ1) is 13.4. The molecule has 0 fully saturated rings. The summed E-state index contributed by atoms with van der Waals surface area (Å²) in [5.41, 5.74) is 5.30. The maximum absolute atomic E-state index is 12.0. The number of benzene rings is 1. The molecule has 142 valence electrons. The lowest BCUT2D eigenvalue weighted by molar-refractivity contribution is -0.117. The van der Waals surface area contributed by atoms with Gasteiger partial charge in [0.05, 0.1) is 5.71 Å². The zero-order valence-corrected chi connectivity index (χ0v) is 17.3. The summed E-state index contributed by atoms with van der Waals surface area (Å²) in [6.07, 6.45) is 2.13. The van der Waals surface area contributed by atoms with Crippen LogP contribution in [-0.4, -0.2) is 26.3 Å². The smallest absolute Gasteiger partial charge is 0.163 e. The van der Waals surface area contributed by atoms with Crippen LogP contribution in [0.15, 0.2) is 35.8 Å². The number of aliphatic imine (C=N–C) groups is 1. The Kier molecular flexibility index (Phi) is 4.59. The number of rotatable bonds is 4. The Balaban J connectivity index is 2.01. The molecule has 1 aliphatic heterocycles. The van der Waals surface area contributed by atoms with E-state index >= 15 is 0 Å². The Morgan fingerprint density at radius 3 is 2.57 bits per heavy atom. The molecule has 28 heavy (non-hydrogen) atoms. The van der Waals surface area contributed by atoms with Crippen molar-refractivity contribution in [1.82, 2.24) is 14.8 Å². The van der Waals surface area contributed by atoms with E-state index in [1.165, 1.54) is 10.4 Å². The minimum absolute atomic E-state index is 0.0838. The van der Waals surface area contributed by atoms with Crippen molar-refractivity contribution in [3.8, 4) is 5.00 Å². The number of aromatic nitrogens is 3. The molecule has 0 unspecified atom stereocenters. The van der Waals surface area contributed by atoms with Gasteiger partial charge >= 0.3 is 0 Å². The molecule has 3 aromatic rings. The van der Waals surface area contributed by atoms with E-state index in [2.05, 4.69) is 47.3 Å². The third-order valence-corrected chi connectivity index (χ3v) is 6.33. The number of hydrogen-bond acceptors (Lipinski definition) is 5. The highest BCUT2D eigenvalue weighted by Gasteiger charge is 2.31.